The van der Waals surface area contributed by atoms with E-state index >= 15 is 0 Å². The van der Waals surface area contributed by atoms with E-state index in [9.17, 15) is 4.79 Å². The Bertz CT molecular complexity index is 473. The van der Waals surface area contributed by atoms with Crippen LogP contribution in [0.2, 0.25) is 5.02 Å². The van der Waals surface area contributed by atoms with E-state index in [4.69, 9.17) is 21.1 Å². The first-order chi connectivity index (χ1) is 9.15. The number of amides is 1. The van der Waals surface area contributed by atoms with E-state index in [1.54, 1.807) is 12.1 Å². The van der Waals surface area contributed by atoms with Gasteiger partial charge in [0.1, 0.15) is 11.5 Å². The van der Waals surface area contributed by atoms with Crippen molar-refractivity contribution in [2.75, 3.05) is 32.6 Å². The molecule has 1 aliphatic heterocycles. The summed E-state index contributed by atoms with van der Waals surface area (Å²) in [7, 11) is 3.07. The van der Waals surface area contributed by atoms with E-state index in [0.29, 0.717) is 28.8 Å². The Morgan fingerprint density at radius 1 is 1.37 bits per heavy atom. The molecule has 1 aromatic carbocycles. The van der Waals surface area contributed by atoms with E-state index in [2.05, 4.69) is 10.6 Å². The lowest BCUT2D eigenvalue weighted by molar-refractivity contribution is -0.119. The molecule has 6 heteroatoms. The van der Waals surface area contributed by atoms with Gasteiger partial charge in [-0.05, 0) is 19.0 Å². The normalized spacial score (nSPS) is 18.2. The number of ether oxygens (including phenoxy) is 2. The van der Waals surface area contributed by atoms with Crippen LogP contribution in [0.15, 0.2) is 12.1 Å². The van der Waals surface area contributed by atoms with Crippen LogP contribution in [0.3, 0.4) is 0 Å². The second-order valence-electron chi connectivity index (χ2n) is 4.37. The molecule has 0 radical (unpaired) electrons. The summed E-state index contributed by atoms with van der Waals surface area (Å²) in [6.07, 6.45) is 0.845. The van der Waals surface area contributed by atoms with Crippen molar-refractivity contribution in [3.63, 3.8) is 0 Å². The molecule has 1 fully saturated rings. The van der Waals surface area contributed by atoms with E-state index < -0.39 is 0 Å². The van der Waals surface area contributed by atoms with Gasteiger partial charge in [-0.25, -0.2) is 0 Å². The predicted molar refractivity (Wildman–Crippen MR) is 74.2 cm³/mol. The summed E-state index contributed by atoms with van der Waals surface area (Å²) in [5, 5.41) is 6.44. The molecule has 2 rings (SSSR count). The minimum absolute atomic E-state index is 0.00872. The van der Waals surface area contributed by atoms with Gasteiger partial charge in [0.25, 0.3) is 0 Å². The van der Waals surface area contributed by atoms with Crippen LogP contribution in [0, 0.1) is 5.92 Å². The largest absolute Gasteiger partial charge is 0.495 e. The van der Waals surface area contributed by atoms with Crippen molar-refractivity contribution < 1.29 is 14.3 Å². The third-order valence-electron chi connectivity index (χ3n) is 3.16. The minimum atomic E-state index is -0.0236. The van der Waals surface area contributed by atoms with Gasteiger partial charge in [-0.2, -0.15) is 0 Å². The molecular weight excluding hydrogens is 268 g/mol. The molecule has 1 atom stereocenters. The van der Waals surface area contributed by atoms with Gasteiger partial charge in [-0.1, -0.05) is 11.6 Å². The lowest BCUT2D eigenvalue weighted by Crippen LogP contribution is -2.24. The standard InChI is InChI=1S/C13H17ClN2O3/c1-18-11-6-12(19-2)10(5-9(11)14)16-13(17)8-3-4-15-7-8/h5-6,8,15H,3-4,7H2,1-2H3,(H,16,17). The van der Waals surface area contributed by atoms with Crippen LogP contribution in [-0.4, -0.2) is 33.2 Å². The Morgan fingerprint density at radius 2 is 2.11 bits per heavy atom. The number of carbonyl (C=O) groups excluding carboxylic acids is 1. The lowest BCUT2D eigenvalue weighted by atomic mass is 10.1. The van der Waals surface area contributed by atoms with Crippen LogP contribution < -0.4 is 20.1 Å². The SMILES string of the molecule is COc1cc(OC)c(NC(=O)C2CCNC2)cc1Cl. The van der Waals surface area contributed by atoms with Gasteiger partial charge in [0.15, 0.2) is 0 Å². The van der Waals surface area contributed by atoms with Crippen LogP contribution >= 0.6 is 11.6 Å². The number of anilines is 1. The highest BCUT2D eigenvalue weighted by Crippen LogP contribution is 2.36. The van der Waals surface area contributed by atoms with E-state index in [-0.39, 0.29) is 11.8 Å². The van der Waals surface area contributed by atoms with Crippen molar-refractivity contribution in [1.29, 1.82) is 0 Å². The molecule has 1 aliphatic rings. The number of halogens is 1. The monoisotopic (exact) mass is 284 g/mol. The van der Waals surface area contributed by atoms with E-state index in [1.165, 1.54) is 14.2 Å². The van der Waals surface area contributed by atoms with Gasteiger partial charge in [-0.15, -0.1) is 0 Å². The Balaban J connectivity index is 2.18. The number of carbonyl (C=O) groups is 1. The third-order valence-corrected chi connectivity index (χ3v) is 3.46. The quantitative estimate of drug-likeness (QED) is 0.887. The minimum Gasteiger partial charge on any atom is -0.495 e. The Morgan fingerprint density at radius 3 is 2.68 bits per heavy atom. The zero-order valence-electron chi connectivity index (χ0n) is 11.0. The fourth-order valence-electron chi connectivity index (χ4n) is 2.07. The Kier molecular flexibility index (Phi) is 4.50. The topological polar surface area (TPSA) is 59.6 Å². The third kappa shape index (κ3) is 3.11. The van der Waals surface area contributed by atoms with Gasteiger partial charge in [0.05, 0.1) is 30.8 Å². The summed E-state index contributed by atoms with van der Waals surface area (Å²) in [5.74, 6) is 1.01. The summed E-state index contributed by atoms with van der Waals surface area (Å²) in [6, 6.07) is 3.30. The van der Waals surface area contributed by atoms with Crippen molar-refractivity contribution in [1.82, 2.24) is 5.32 Å². The zero-order valence-corrected chi connectivity index (χ0v) is 11.7. The highest BCUT2D eigenvalue weighted by Gasteiger charge is 2.23. The molecule has 1 saturated heterocycles. The molecule has 1 unspecified atom stereocenters. The number of hydrogen-bond acceptors (Lipinski definition) is 4. The molecule has 1 aromatic rings. The maximum absolute atomic E-state index is 12.1. The maximum Gasteiger partial charge on any atom is 0.228 e. The van der Waals surface area contributed by atoms with Gasteiger partial charge < -0.3 is 20.1 Å². The molecule has 5 nitrogen and oxygen atoms in total. The first-order valence-corrected chi connectivity index (χ1v) is 6.46. The summed E-state index contributed by atoms with van der Waals surface area (Å²) < 4.78 is 10.3. The van der Waals surface area contributed by atoms with Gasteiger partial charge >= 0.3 is 0 Å². The molecule has 1 amide bonds. The molecule has 0 bridgehead atoms. The molecule has 0 aromatic heterocycles. The highest BCUT2D eigenvalue weighted by molar-refractivity contribution is 6.32. The number of benzene rings is 1. The molecule has 0 aliphatic carbocycles. The molecular formula is C13H17ClN2O3. The first kappa shape index (κ1) is 14.0. The van der Waals surface area contributed by atoms with Crippen LogP contribution in [0.4, 0.5) is 5.69 Å². The number of methoxy groups -OCH3 is 2. The van der Waals surface area contributed by atoms with Crippen LogP contribution in [0.25, 0.3) is 0 Å². The molecule has 0 saturated carbocycles. The smallest absolute Gasteiger partial charge is 0.228 e. The lowest BCUT2D eigenvalue weighted by Gasteiger charge is -2.15. The van der Waals surface area contributed by atoms with Crippen LogP contribution in [0.1, 0.15) is 6.42 Å². The van der Waals surface area contributed by atoms with E-state index in [0.717, 1.165) is 13.0 Å². The fraction of sp³-hybridized carbons (Fsp3) is 0.462. The second kappa shape index (κ2) is 6.12. The van der Waals surface area contributed by atoms with Crippen molar-refractivity contribution in [2.24, 2.45) is 5.92 Å². The predicted octanol–water partition coefficient (Wildman–Crippen LogP) is 1.91. The van der Waals surface area contributed by atoms with Crippen molar-refractivity contribution >= 4 is 23.2 Å². The fourth-order valence-corrected chi connectivity index (χ4v) is 2.31. The molecule has 2 N–H and O–H groups in total. The molecule has 104 valence electrons. The van der Waals surface area contributed by atoms with Crippen molar-refractivity contribution in [3.8, 4) is 11.5 Å². The Hall–Kier alpha value is -1.46. The van der Waals surface area contributed by atoms with Gasteiger partial charge in [-0.3, -0.25) is 4.79 Å². The molecule has 1 heterocycles. The van der Waals surface area contributed by atoms with Crippen molar-refractivity contribution in [2.45, 2.75) is 6.42 Å². The van der Waals surface area contributed by atoms with Crippen LogP contribution in [-0.2, 0) is 4.79 Å². The average Bonchev–Trinajstić information content (AvgIpc) is 2.93. The zero-order chi connectivity index (χ0) is 13.8. The Labute approximate surface area is 117 Å². The number of hydrogen-bond donors (Lipinski definition) is 2. The van der Waals surface area contributed by atoms with Gasteiger partial charge in [0, 0.05) is 12.6 Å². The summed E-state index contributed by atoms with van der Waals surface area (Å²) in [6.45, 7) is 1.58. The summed E-state index contributed by atoms with van der Waals surface area (Å²) in [5.41, 5.74) is 0.560. The molecule has 19 heavy (non-hydrogen) atoms. The van der Waals surface area contributed by atoms with Crippen molar-refractivity contribution in [3.05, 3.63) is 17.2 Å². The maximum atomic E-state index is 12.1. The first-order valence-electron chi connectivity index (χ1n) is 6.08. The highest BCUT2D eigenvalue weighted by atomic mass is 35.5. The molecule has 0 spiro atoms. The van der Waals surface area contributed by atoms with Gasteiger partial charge in [0.2, 0.25) is 5.91 Å². The summed E-state index contributed by atoms with van der Waals surface area (Å²) in [4.78, 5) is 12.1. The summed E-state index contributed by atoms with van der Waals surface area (Å²) >= 11 is 6.06. The van der Waals surface area contributed by atoms with Crippen LogP contribution in [0.5, 0.6) is 11.5 Å². The van der Waals surface area contributed by atoms with E-state index in [1.807, 2.05) is 0 Å². The number of nitrogens with one attached hydrogen (secondary N) is 2. The second-order valence-corrected chi connectivity index (χ2v) is 4.77. The average molecular weight is 285 g/mol. The number of rotatable bonds is 4.